The van der Waals surface area contributed by atoms with Gasteiger partial charge in [0.25, 0.3) is 0 Å². The van der Waals surface area contributed by atoms with Crippen molar-refractivity contribution in [2.24, 2.45) is 0 Å². The fraction of sp³-hybridized carbons (Fsp3) is 0.538. The third kappa shape index (κ3) is 3.05. The molecule has 5 nitrogen and oxygen atoms in total. The molecule has 0 fully saturated rings. The number of hydrogen-bond donors (Lipinski definition) is 0. The fourth-order valence-corrected chi connectivity index (χ4v) is 1.83. The van der Waals surface area contributed by atoms with E-state index in [4.69, 9.17) is 4.74 Å². The lowest BCUT2D eigenvalue weighted by molar-refractivity contribution is -0.0173. The van der Waals surface area contributed by atoms with Crippen molar-refractivity contribution in [2.75, 3.05) is 27.2 Å². The van der Waals surface area contributed by atoms with E-state index in [2.05, 4.69) is 29.2 Å². The van der Waals surface area contributed by atoms with E-state index < -0.39 is 0 Å². The molecule has 0 amide bonds. The van der Waals surface area contributed by atoms with Gasteiger partial charge in [0.1, 0.15) is 11.0 Å². The molecule has 0 saturated carbocycles. The van der Waals surface area contributed by atoms with Gasteiger partial charge in [-0.05, 0) is 33.2 Å². The second-order valence-electron chi connectivity index (χ2n) is 4.51. The molecule has 1 aromatic carbocycles. The maximum atomic E-state index is 5.72. The molecule has 1 heterocycles. The summed E-state index contributed by atoms with van der Waals surface area (Å²) >= 11 is 0. The van der Waals surface area contributed by atoms with E-state index in [0.717, 1.165) is 24.0 Å². The van der Waals surface area contributed by atoms with E-state index >= 15 is 0 Å². The molecule has 18 heavy (non-hydrogen) atoms. The standard InChI is InChI=1S/C13H20N4O/c1-4-18-13(9-10-16(2)3)17-14-11-7-5-6-8-12(11)15-17/h5-8,13H,4,9-10H2,1-3H3. The quantitative estimate of drug-likeness (QED) is 0.783. The lowest BCUT2D eigenvalue weighted by Gasteiger charge is -2.18. The van der Waals surface area contributed by atoms with Crippen LogP contribution in [0.25, 0.3) is 11.0 Å². The number of hydrogen-bond acceptors (Lipinski definition) is 4. The van der Waals surface area contributed by atoms with Gasteiger partial charge in [-0.15, -0.1) is 0 Å². The predicted octanol–water partition coefficient (Wildman–Crippen LogP) is 1.92. The van der Waals surface area contributed by atoms with E-state index in [0.29, 0.717) is 6.61 Å². The van der Waals surface area contributed by atoms with Crippen molar-refractivity contribution >= 4 is 11.0 Å². The van der Waals surface area contributed by atoms with Crippen LogP contribution in [0, 0.1) is 0 Å². The first-order valence-electron chi connectivity index (χ1n) is 6.28. The molecule has 0 aliphatic heterocycles. The van der Waals surface area contributed by atoms with E-state index in [9.17, 15) is 0 Å². The maximum absolute atomic E-state index is 5.72. The van der Waals surface area contributed by atoms with Crippen LogP contribution in [0.3, 0.4) is 0 Å². The molecule has 1 aromatic heterocycles. The maximum Gasteiger partial charge on any atom is 0.170 e. The Kier molecular flexibility index (Phi) is 4.28. The molecule has 0 bridgehead atoms. The third-order valence-corrected chi connectivity index (χ3v) is 2.74. The summed E-state index contributed by atoms with van der Waals surface area (Å²) in [5.41, 5.74) is 1.82. The molecule has 2 rings (SSSR count). The summed E-state index contributed by atoms with van der Waals surface area (Å²) in [7, 11) is 4.10. The largest absolute Gasteiger partial charge is 0.355 e. The highest BCUT2D eigenvalue weighted by molar-refractivity contribution is 5.72. The number of ether oxygens (including phenoxy) is 1. The summed E-state index contributed by atoms with van der Waals surface area (Å²) in [6.07, 6.45) is 0.784. The van der Waals surface area contributed by atoms with Crippen molar-refractivity contribution in [3.63, 3.8) is 0 Å². The molecule has 5 heteroatoms. The van der Waals surface area contributed by atoms with Gasteiger partial charge in [0.2, 0.25) is 0 Å². The number of aromatic nitrogens is 3. The average molecular weight is 248 g/mol. The molecule has 1 unspecified atom stereocenters. The Labute approximate surface area is 107 Å². The Balaban J connectivity index is 2.18. The van der Waals surface area contributed by atoms with Crippen molar-refractivity contribution in [2.45, 2.75) is 19.6 Å². The molecular formula is C13H20N4O. The normalized spacial score (nSPS) is 13.3. The van der Waals surface area contributed by atoms with Gasteiger partial charge in [0.05, 0.1) is 0 Å². The van der Waals surface area contributed by atoms with Crippen LogP contribution in [0.1, 0.15) is 19.6 Å². The van der Waals surface area contributed by atoms with Crippen molar-refractivity contribution in [1.82, 2.24) is 19.9 Å². The zero-order valence-electron chi connectivity index (χ0n) is 11.2. The average Bonchev–Trinajstić information content (AvgIpc) is 2.77. The Morgan fingerprint density at radius 3 is 2.33 bits per heavy atom. The number of nitrogens with zero attached hydrogens (tertiary/aromatic N) is 4. The van der Waals surface area contributed by atoms with Gasteiger partial charge in [0, 0.05) is 19.6 Å². The Morgan fingerprint density at radius 1 is 1.22 bits per heavy atom. The minimum absolute atomic E-state index is 0.0928. The van der Waals surface area contributed by atoms with E-state index in [1.807, 2.05) is 31.2 Å². The fourth-order valence-electron chi connectivity index (χ4n) is 1.83. The van der Waals surface area contributed by atoms with Crippen molar-refractivity contribution in [1.29, 1.82) is 0 Å². The Bertz CT molecular complexity index is 461. The summed E-state index contributed by atoms with van der Waals surface area (Å²) in [5.74, 6) is 0. The molecule has 0 N–H and O–H groups in total. The van der Waals surface area contributed by atoms with Crippen molar-refractivity contribution in [3.05, 3.63) is 24.3 Å². The van der Waals surface area contributed by atoms with Gasteiger partial charge in [-0.1, -0.05) is 12.1 Å². The second-order valence-corrected chi connectivity index (χ2v) is 4.51. The van der Waals surface area contributed by atoms with Gasteiger partial charge < -0.3 is 9.64 Å². The minimum atomic E-state index is -0.0928. The molecule has 0 aliphatic rings. The van der Waals surface area contributed by atoms with Crippen molar-refractivity contribution in [3.8, 4) is 0 Å². The van der Waals surface area contributed by atoms with Crippen molar-refractivity contribution < 1.29 is 4.74 Å². The highest BCUT2D eigenvalue weighted by Crippen LogP contribution is 2.15. The van der Waals surface area contributed by atoms with Gasteiger partial charge in [-0.2, -0.15) is 15.0 Å². The Morgan fingerprint density at radius 2 is 1.83 bits per heavy atom. The third-order valence-electron chi connectivity index (χ3n) is 2.74. The van der Waals surface area contributed by atoms with Crippen LogP contribution in [-0.4, -0.2) is 47.1 Å². The monoisotopic (exact) mass is 248 g/mol. The van der Waals surface area contributed by atoms with Gasteiger partial charge in [-0.3, -0.25) is 0 Å². The predicted molar refractivity (Wildman–Crippen MR) is 71.4 cm³/mol. The molecule has 0 spiro atoms. The Hall–Kier alpha value is -1.46. The molecule has 0 aliphatic carbocycles. The zero-order chi connectivity index (χ0) is 13.0. The molecular weight excluding hydrogens is 228 g/mol. The van der Waals surface area contributed by atoms with Crippen LogP contribution in [0.2, 0.25) is 0 Å². The summed E-state index contributed by atoms with van der Waals surface area (Å²) in [6, 6.07) is 7.87. The summed E-state index contributed by atoms with van der Waals surface area (Å²) in [6.45, 7) is 3.60. The number of fused-ring (bicyclic) bond motifs is 1. The lowest BCUT2D eigenvalue weighted by atomic mass is 10.3. The van der Waals surface area contributed by atoms with Crippen LogP contribution >= 0.6 is 0 Å². The molecule has 0 radical (unpaired) electrons. The minimum Gasteiger partial charge on any atom is -0.355 e. The second kappa shape index (κ2) is 5.93. The van der Waals surface area contributed by atoms with E-state index in [-0.39, 0.29) is 6.23 Å². The van der Waals surface area contributed by atoms with Gasteiger partial charge in [-0.25, -0.2) is 0 Å². The zero-order valence-corrected chi connectivity index (χ0v) is 11.2. The van der Waals surface area contributed by atoms with Gasteiger partial charge >= 0.3 is 0 Å². The smallest absolute Gasteiger partial charge is 0.170 e. The first kappa shape index (κ1) is 13.0. The molecule has 0 saturated heterocycles. The van der Waals surface area contributed by atoms with Crippen LogP contribution in [0.5, 0.6) is 0 Å². The lowest BCUT2D eigenvalue weighted by Crippen LogP contribution is -2.22. The number of benzene rings is 1. The van der Waals surface area contributed by atoms with Crippen LogP contribution < -0.4 is 0 Å². The molecule has 1 atom stereocenters. The van der Waals surface area contributed by atoms with Gasteiger partial charge in [0.15, 0.2) is 6.23 Å². The van der Waals surface area contributed by atoms with Crippen LogP contribution in [0.4, 0.5) is 0 Å². The van der Waals surface area contributed by atoms with Crippen LogP contribution in [-0.2, 0) is 4.74 Å². The highest BCUT2D eigenvalue weighted by Gasteiger charge is 2.14. The summed E-state index contributed by atoms with van der Waals surface area (Å²) in [4.78, 5) is 3.83. The first-order valence-corrected chi connectivity index (χ1v) is 6.28. The summed E-state index contributed by atoms with van der Waals surface area (Å²) < 4.78 is 5.72. The van der Waals surface area contributed by atoms with E-state index in [1.54, 1.807) is 4.80 Å². The SMILES string of the molecule is CCOC(CCN(C)C)n1nc2ccccc2n1. The van der Waals surface area contributed by atoms with Crippen LogP contribution in [0.15, 0.2) is 24.3 Å². The summed E-state index contributed by atoms with van der Waals surface area (Å²) in [5, 5.41) is 8.94. The molecule has 2 aromatic rings. The molecule has 98 valence electrons. The first-order chi connectivity index (χ1) is 8.70. The highest BCUT2D eigenvalue weighted by atomic mass is 16.5. The topological polar surface area (TPSA) is 43.2 Å². The number of rotatable bonds is 6. The van der Waals surface area contributed by atoms with E-state index in [1.165, 1.54) is 0 Å².